The smallest absolute Gasteiger partial charge is 0.305 e. The Morgan fingerprint density at radius 1 is 1.32 bits per heavy atom. The number of rotatable bonds is 4. The lowest BCUT2D eigenvalue weighted by molar-refractivity contribution is -0.137. The molecule has 1 aliphatic carbocycles. The highest BCUT2D eigenvalue weighted by molar-refractivity contribution is 5.66. The molecule has 1 aromatic carbocycles. The normalized spacial score (nSPS) is 14.5. The number of fused-ring (bicyclic) bond motifs is 1. The minimum absolute atomic E-state index is 0.0394. The predicted octanol–water partition coefficient (Wildman–Crippen LogP) is 1.03. The van der Waals surface area contributed by atoms with Crippen LogP contribution in [-0.4, -0.2) is 31.3 Å². The van der Waals surface area contributed by atoms with E-state index in [2.05, 4.69) is 27.7 Å². The first-order chi connectivity index (χ1) is 9.24. The molecular formula is C13H14N4O2. The van der Waals surface area contributed by atoms with Gasteiger partial charge in [0.1, 0.15) is 0 Å². The fourth-order valence-corrected chi connectivity index (χ4v) is 2.61. The fraction of sp³-hybridized carbons (Fsp3) is 0.385. The molecular weight excluding hydrogens is 244 g/mol. The Morgan fingerprint density at radius 2 is 2.00 bits per heavy atom. The molecule has 0 bridgehead atoms. The van der Waals surface area contributed by atoms with Gasteiger partial charge in [-0.3, -0.25) is 4.79 Å². The molecule has 98 valence electrons. The maximum absolute atomic E-state index is 10.6. The Balaban J connectivity index is 1.78. The maximum atomic E-state index is 10.6. The molecule has 6 heteroatoms. The molecule has 0 aliphatic heterocycles. The van der Waals surface area contributed by atoms with E-state index >= 15 is 0 Å². The van der Waals surface area contributed by atoms with Crippen molar-refractivity contribution in [3.05, 3.63) is 41.2 Å². The largest absolute Gasteiger partial charge is 0.481 e. The van der Waals surface area contributed by atoms with Gasteiger partial charge >= 0.3 is 5.97 Å². The third-order valence-corrected chi connectivity index (χ3v) is 3.51. The monoisotopic (exact) mass is 258 g/mol. The van der Waals surface area contributed by atoms with Crippen LogP contribution >= 0.6 is 0 Å². The van der Waals surface area contributed by atoms with Crippen molar-refractivity contribution >= 4 is 5.97 Å². The molecule has 0 fully saturated rings. The second-order valence-corrected chi connectivity index (χ2v) is 4.78. The molecule has 0 radical (unpaired) electrons. The van der Waals surface area contributed by atoms with E-state index in [1.807, 2.05) is 12.1 Å². The molecule has 0 saturated carbocycles. The number of nitrogens with zero attached hydrogens (tertiary/aromatic N) is 4. The number of hydrogen-bond donors (Lipinski definition) is 1. The highest BCUT2D eigenvalue weighted by atomic mass is 16.4. The van der Waals surface area contributed by atoms with E-state index in [1.165, 1.54) is 11.1 Å². The lowest BCUT2D eigenvalue weighted by Gasteiger charge is -2.08. The molecule has 3 rings (SSSR count). The average Bonchev–Trinajstić information content (AvgIpc) is 3.02. The predicted molar refractivity (Wildman–Crippen MR) is 66.7 cm³/mol. The number of aliphatic carboxylic acids is 1. The van der Waals surface area contributed by atoms with E-state index < -0.39 is 5.97 Å². The Labute approximate surface area is 110 Å². The SMILES string of the molecule is O=C(O)CCn1nnnc1C1Cc2ccccc2C1. The van der Waals surface area contributed by atoms with E-state index in [-0.39, 0.29) is 12.3 Å². The van der Waals surface area contributed by atoms with Gasteiger partial charge in [0.15, 0.2) is 5.82 Å². The van der Waals surface area contributed by atoms with Gasteiger partial charge in [-0.2, -0.15) is 0 Å². The summed E-state index contributed by atoms with van der Waals surface area (Å²) in [5.41, 5.74) is 2.67. The number of benzene rings is 1. The molecule has 0 atom stereocenters. The van der Waals surface area contributed by atoms with Gasteiger partial charge in [-0.1, -0.05) is 24.3 Å². The molecule has 1 heterocycles. The number of hydrogen-bond acceptors (Lipinski definition) is 4. The molecule has 1 N–H and O–H groups in total. The minimum Gasteiger partial charge on any atom is -0.481 e. The average molecular weight is 258 g/mol. The Hall–Kier alpha value is -2.24. The van der Waals surface area contributed by atoms with Gasteiger partial charge in [-0.15, -0.1) is 5.10 Å². The topological polar surface area (TPSA) is 80.9 Å². The second kappa shape index (κ2) is 4.79. The number of aromatic nitrogens is 4. The van der Waals surface area contributed by atoms with Crippen LogP contribution < -0.4 is 0 Å². The summed E-state index contributed by atoms with van der Waals surface area (Å²) in [5, 5.41) is 20.4. The lowest BCUT2D eigenvalue weighted by atomic mass is 10.1. The van der Waals surface area contributed by atoms with Crippen LogP contribution in [-0.2, 0) is 24.2 Å². The summed E-state index contributed by atoms with van der Waals surface area (Å²) in [5.74, 6) is 0.204. The van der Waals surface area contributed by atoms with Crippen LogP contribution in [0.25, 0.3) is 0 Å². The summed E-state index contributed by atoms with van der Waals surface area (Å²) >= 11 is 0. The van der Waals surface area contributed by atoms with E-state index in [1.54, 1.807) is 4.68 Å². The van der Waals surface area contributed by atoms with Crippen LogP contribution in [0.4, 0.5) is 0 Å². The van der Waals surface area contributed by atoms with E-state index in [0.29, 0.717) is 6.54 Å². The molecule has 1 aromatic heterocycles. The zero-order chi connectivity index (χ0) is 13.2. The third kappa shape index (κ3) is 2.33. The van der Waals surface area contributed by atoms with Crippen molar-refractivity contribution in [1.82, 2.24) is 20.2 Å². The van der Waals surface area contributed by atoms with Crippen molar-refractivity contribution < 1.29 is 9.90 Å². The third-order valence-electron chi connectivity index (χ3n) is 3.51. The van der Waals surface area contributed by atoms with Crippen molar-refractivity contribution in [3.63, 3.8) is 0 Å². The van der Waals surface area contributed by atoms with Crippen molar-refractivity contribution in [2.45, 2.75) is 31.7 Å². The van der Waals surface area contributed by atoms with Crippen LogP contribution in [0.1, 0.15) is 29.3 Å². The number of tetrazole rings is 1. The summed E-state index contributed by atoms with van der Waals surface area (Å²) in [7, 11) is 0. The van der Waals surface area contributed by atoms with Crippen LogP contribution in [0.2, 0.25) is 0 Å². The van der Waals surface area contributed by atoms with Gasteiger partial charge in [-0.25, -0.2) is 4.68 Å². The Bertz CT molecular complexity index is 583. The van der Waals surface area contributed by atoms with Gasteiger partial charge in [0.2, 0.25) is 0 Å². The van der Waals surface area contributed by atoms with Crippen molar-refractivity contribution in [3.8, 4) is 0 Å². The summed E-state index contributed by atoms with van der Waals surface area (Å²) in [6.45, 7) is 0.324. The van der Waals surface area contributed by atoms with Crippen LogP contribution in [0, 0.1) is 0 Å². The number of aryl methyl sites for hydroxylation is 1. The molecule has 0 amide bonds. The molecule has 0 saturated heterocycles. The molecule has 2 aromatic rings. The van der Waals surface area contributed by atoms with E-state index in [4.69, 9.17) is 5.11 Å². The first-order valence-electron chi connectivity index (χ1n) is 6.28. The van der Waals surface area contributed by atoms with E-state index in [9.17, 15) is 4.79 Å². The number of carboxylic acids is 1. The van der Waals surface area contributed by atoms with Gasteiger partial charge in [0, 0.05) is 5.92 Å². The van der Waals surface area contributed by atoms with Gasteiger partial charge in [0.25, 0.3) is 0 Å². The summed E-state index contributed by atoms with van der Waals surface area (Å²) in [6.07, 6.45) is 1.88. The first kappa shape index (κ1) is 11.8. The number of carbonyl (C=O) groups is 1. The minimum atomic E-state index is -0.837. The zero-order valence-corrected chi connectivity index (χ0v) is 10.4. The first-order valence-corrected chi connectivity index (χ1v) is 6.28. The molecule has 1 aliphatic rings. The number of carboxylic acid groups (broad SMARTS) is 1. The fourth-order valence-electron chi connectivity index (χ4n) is 2.61. The Kier molecular flexibility index (Phi) is 2.98. The molecule has 0 unspecified atom stereocenters. The summed E-state index contributed by atoms with van der Waals surface area (Å²) in [6, 6.07) is 8.32. The van der Waals surface area contributed by atoms with Crippen LogP contribution in [0.3, 0.4) is 0 Å². The maximum Gasteiger partial charge on any atom is 0.305 e. The highest BCUT2D eigenvalue weighted by Gasteiger charge is 2.27. The van der Waals surface area contributed by atoms with E-state index in [0.717, 1.165) is 18.7 Å². The quantitative estimate of drug-likeness (QED) is 0.885. The molecule has 6 nitrogen and oxygen atoms in total. The Morgan fingerprint density at radius 3 is 2.63 bits per heavy atom. The van der Waals surface area contributed by atoms with Crippen molar-refractivity contribution in [2.75, 3.05) is 0 Å². The molecule has 0 spiro atoms. The van der Waals surface area contributed by atoms with Crippen LogP contribution in [0.15, 0.2) is 24.3 Å². The second-order valence-electron chi connectivity index (χ2n) is 4.78. The van der Waals surface area contributed by atoms with Crippen LogP contribution in [0.5, 0.6) is 0 Å². The summed E-state index contributed by atoms with van der Waals surface area (Å²) < 4.78 is 1.62. The molecule has 19 heavy (non-hydrogen) atoms. The van der Waals surface area contributed by atoms with Gasteiger partial charge < -0.3 is 5.11 Å². The lowest BCUT2D eigenvalue weighted by Crippen LogP contribution is -2.13. The summed E-state index contributed by atoms with van der Waals surface area (Å²) in [4.78, 5) is 10.6. The van der Waals surface area contributed by atoms with Gasteiger partial charge in [-0.05, 0) is 34.4 Å². The van der Waals surface area contributed by atoms with Crippen molar-refractivity contribution in [1.29, 1.82) is 0 Å². The van der Waals surface area contributed by atoms with Gasteiger partial charge in [0.05, 0.1) is 13.0 Å². The zero-order valence-electron chi connectivity index (χ0n) is 10.4. The standard InChI is InChI=1S/C13H14N4O2/c18-12(19)5-6-17-13(14-15-16-17)11-7-9-3-1-2-4-10(9)8-11/h1-4,11H,5-8H2,(H,18,19). The highest BCUT2D eigenvalue weighted by Crippen LogP contribution is 2.32. The van der Waals surface area contributed by atoms with Crippen molar-refractivity contribution in [2.24, 2.45) is 0 Å².